The number of hydrogen-bond acceptors (Lipinski definition) is 3. The Labute approximate surface area is 108 Å². The molecule has 0 aliphatic carbocycles. The van der Waals surface area contributed by atoms with Crippen molar-refractivity contribution in [1.82, 2.24) is 0 Å². The van der Waals surface area contributed by atoms with Crippen LogP contribution in [0.2, 0.25) is 0 Å². The molecule has 1 amide bonds. The Morgan fingerprint density at radius 2 is 2.11 bits per heavy atom. The van der Waals surface area contributed by atoms with E-state index < -0.39 is 0 Å². The van der Waals surface area contributed by atoms with E-state index in [4.69, 9.17) is 10.00 Å². The number of nitrogens with one attached hydrogen (secondary N) is 1. The molecule has 0 fully saturated rings. The number of ether oxygens (including phenoxy) is 1. The molecule has 0 aliphatic heterocycles. The van der Waals surface area contributed by atoms with Gasteiger partial charge in [-0.1, -0.05) is 19.1 Å². The summed E-state index contributed by atoms with van der Waals surface area (Å²) >= 11 is 0. The fourth-order valence-corrected chi connectivity index (χ4v) is 1.67. The van der Waals surface area contributed by atoms with Crippen LogP contribution in [0, 0.1) is 17.2 Å². The van der Waals surface area contributed by atoms with Crippen molar-refractivity contribution in [2.75, 3.05) is 19.0 Å². The van der Waals surface area contributed by atoms with Crippen molar-refractivity contribution in [1.29, 1.82) is 5.26 Å². The maximum Gasteiger partial charge on any atom is 0.224 e. The smallest absolute Gasteiger partial charge is 0.224 e. The maximum atomic E-state index is 11.7. The average Bonchev–Trinajstić information content (AvgIpc) is 2.32. The number of methoxy groups -OCH3 is 1. The zero-order valence-electron chi connectivity index (χ0n) is 10.8. The summed E-state index contributed by atoms with van der Waals surface area (Å²) in [6, 6.07) is 9.39. The first-order valence-corrected chi connectivity index (χ1v) is 5.90. The molecule has 1 rings (SSSR count). The minimum atomic E-state index is -0.0208. The summed E-state index contributed by atoms with van der Waals surface area (Å²) < 4.78 is 4.99. The Kier molecular flexibility index (Phi) is 5.89. The van der Waals surface area contributed by atoms with Gasteiger partial charge < -0.3 is 10.1 Å². The Bertz CT molecular complexity index is 420. The van der Waals surface area contributed by atoms with E-state index in [1.165, 1.54) is 0 Å². The van der Waals surface area contributed by atoms with E-state index in [9.17, 15) is 4.79 Å². The molecule has 4 nitrogen and oxygen atoms in total. The third-order valence-corrected chi connectivity index (χ3v) is 2.51. The van der Waals surface area contributed by atoms with Crippen molar-refractivity contribution in [2.24, 2.45) is 5.92 Å². The highest BCUT2D eigenvalue weighted by Gasteiger charge is 2.08. The average molecular weight is 246 g/mol. The molecule has 18 heavy (non-hydrogen) atoms. The molecule has 0 saturated heterocycles. The predicted molar refractivity (Wildman–Crippen MR) is 70.0 cm³/mol. The van der Waals surface area contributed by atoms with Gasteiger partial charge in [-0.15, -0.1) is 0 Å². The van der Waals surface area contributed by atoms with Gasteiger partial charge in [-0.25, -0.2) is 0 Å². The molecule has 0 aliphatic rings. The van der Waals surface area contributed by atoms with E-state index in [0.29, 0.717) is 19.4 Å². The van der Waals surface area contributed by atoms with Gasteiger partial charge in [-0.3, -0.25) is 4.79 Å². The fraction of sp³-hybridized carbons (Fsp3) is 0.429. The van der Waals surface area contributed by atoms with Crippen molar-refractivity contribution in [3.05, 3.63) is 29.8 Å². The van der Waals surface area contributed by atoms with Crippen molar-refractivity contribution in [2.45, 2.75) is 19.8 Å². The lowest BCUT2D eigenvalue weighted by atomic mass is 10.1. The van der Waals surface area contributed by atoms with Gasteiger partial charge in [0.05, 0.1) is 12.5 Å². The molecule has 4 heteroatoms. The number of nitriles is 1. The van der Waals surface area contributed by atoms with Crippen LogP contribution < -0.4 is 5.32 Å². The van der Waals surface area contributed by atoms with E-state index in [2.05, 4.69) is 11.4 Å². The first kappa shape index (κ1) is 14.2. The van der Waals surface area contributed by atoms with E-state index in [-0.39, 0.29) is 11.8 Å². The molecular formula is C14H18N2O2. The fourth-order valence-electron chi connectivity index (χ4n) is 1.67. The molecule has 1 aromatic carbocycles. The largest absolute Gasteiger partial charge is 0.384 e. The Morgan fingerprint density at radius 3 is 2.67 bits per heavy atom. The normalized spacial score (nSPS) is 11.6. The number of amides is 1. The summed E-state index contributed by atoms with van der Waals surface area (Å²) in [7, 11) is 1.63. The van der Waals surface area contributed by atoms with Crippen LogP contribution in [-0.2, 0) is 16.0 Å². The first-order valence-electron chi connectivity index (χ1n) is 5.90. The van der Waals surface area contributed by atoms with Gasteiger partial charge in [0.2, 0.25) is 5.91 Å². The molecule has 0 aromatic heterocycles. The minimum absolute atomic E-state index is 0.0208. The number of rotatable bonds is 6. The quantitative estimate of drug-likeness (QED) is 0.838. The van der Waals surface area contributed by atoms with Gasteiger partial charge in [0.25, 0.3) is 0 Å². The molecule has 0 saturated carbocycles. The van der Waals surface area contributed by atoms with E-state index in [0.717, 1.165) is 11.3 Å². The second-order valence-corrected chi connectivity index (χ2v) is 4.34. The van der Waals surface area contributed by atoms with Gasteiger partial charge in [0.15, 0.2) is 0 Å². The molecule has 0 bridgehead atoms. The lowest BCUT2D eigenvalue weighted by molar-refractivity contribution is -0.117. The van der Waals surface area contributed by atoms with Crippen LogP contribution in [0.15, 0.2) is 24.3 Å². The second kappa shape index (κ2) is 7.46. The molecule has 1 atom stereocenters. The zero-order valence-corrected chi connectivity index (χ0v) is 10.8. The van der Waals surface area contributed by atoms with Crippen molar-refractivity contribution in [3.8, 4) is 6.07 Å². The highest BCUT2D eigenvalue weighted by atomic mass is 16.5. The van der Waals surface area contributed by atoms with E-state index >= 15 is 0 Å². The summed E-state index contributed by atoms with van der Waals surface area (Å²) in [4.78, 5) is 11.7. The third kappa shape index (κ3) is 4.98. The predicted octanol–water partition coefficient (Wildman–Crippen LogP) is 2.36. The number of carbonyl (C=O) groups excluding carboxylic acids is 1. The van der Waals surface area contributed by atoms with Gasteiger partial charge in [-0.2, -0.15) is 5.26 Å². The van der Waals surface area contributed by atoms with Gasteiger partial charge in [0, 0.05) is 25.8 Å². The van der Waals surface area contributed by atoms with Crippen LogP contribution in [0.1, 0.15) is 18.9 Å². The highest BCUT2D eigenvalue weighted by molar-refractivity contribution is 5.90. The molecule has 0 spiro atoms. The summed E-state index contributed by atoms with van der Waals surface area (Å²) in [6.07, 6.45) is 0.826. The summed E-state index contributed by atoms with van der Waals surface area (Å²) in [5.41, 5.74) is 1.70. The highest BCUT2D eigenvalue weighted by Crippen LogP contribution is 2.11. The standard InChI is InChI=1S/C14H18N2O2/c1-11(10-18-2)9-14(17)16-13-5-3-12(4-6-13)7-8-15/h3-6,11H,7,9-10H2,1-2H3,(H,16,17). The van der Waals surface area contributed by atoms with Crippen LogP contribution in [-0.4, -0.2) is 19.6 Å². The van der Waals surface area contributed by atoms with Crippen LogP contribution in [0.25, 0.3) is 0 Å². The summed E-state index contributed by atoms with van der Waals surface area (Å²) in [5, 5.41) is 11.4. The Balaban J connectivity index is 2.47. The Hall–Kier alpha value is -1.86. The number of hydrogen-bond donors (Lipinski definition) is 1. The molecule has 1 unspecified atom stereocenters. The molecule has 0 heterocycles. The molecular weight excluding hydrogens is 228 g/mol. The maximum absolute atomic E-state index is 11.7. The van der Waals surface area contributed by atoms with E-state index in [1.54, 1.807) is 7.11 Å². The summed E-state index contributed by atoms with van der Waals surface area (Å²) in [6.45, 7) is 2.55. The van der Waals surface area contributed by atoms with Crippen LogP contribution >= 0.6 is 0 Å². The molecule has 96 valence electrons. The van der Waals surface area contributed by atoms with Crippen LogP contribution in [0.3, 0.4) is 0 Å². The summed E-state index contributed by atoms with van der Waals surface area (Å²) in [5.74, 6) is 0.181. The van der Waals surface area contributed by atoms with Crippen molar-refractivity contribution >= 4 is 11.6 Å². The second-order valence-electron chi connectivity index (χ2n) is 4.34. The Morgan fingerprint density at radius 1 is 1.44 bits per heavy atom. The van der Waals surface area contributed by atoms with Gasteiger partial charge >= 0.3 is 0 Å². The van der Waals surface area contributed by atoms with E-state index in [1.807, 2.05) is 31.2 Å². The van der Waals surface area contributed by atoms with Crippen molar-refractivity contribution in [3.63, 3.8) is 0 Å². The number of carbonyl (C=O) groups is 1. The number of nitrogens with zero attached hydrogens (tertiary/aromatic N) is 1. The van der Waals surface area contributed by atoms with Crippen LogP contribution in [0.5, 0.6) is 0 Å². The topological polar surface area (TPSA) is 62.1 Å². The molecule has 1 aromatic rings. The van der Waals surface area contributed by atoms with Gasteiger partial charge in [-0.05, 0) is 23.6 Å². The lowest BCUT2D eigenvalue weighted by Gasteiger charge is -2.10. The number of benzene rings is 1. The van der Waals surface area contributed by atoms with Crippen LogP contribution in [0.4, 0.5) is 5.69 Å². The van der Waals surface area contributed by atoms with Crippen molar-refractivity contribution < 1.29 is 9.53 Å². The minimum Gasteiger partial charge on any atom is -0.384 e. The lowest BCUT2D eigenvalue weighted by Crippen LogP contribution is -2.17. The van der Waals surface area contributed by atoms with Gasteiger partial charge in [0.1, 0.15) is 0 Å². The molecule has 1 N–H and O–H groups in total. The SMILES string of the molecule is COCC(C)CC(=O)Nc1ccc(CC#N)cc1. The first-order chi connectivity index (χ1) is 8.65. The molecule has 0 radical (unpaired) electrons. The monoisotopic (exact) mass is 246 g/mol. The zero-order chi connectivity index (χ0) is 13.4. The third-order valence-electron chi connectivity index (χ3n) is 2.51. The number of anilines is 1.